The van der Waals surface area contributed by atoms with Gasteiger partial charge in [-0.15, -0.1) is 0 Å². The van der Waals surface area contributed by atoms with Gasteiger partial charge in [0.1, 0.15) is 0 Å². The third-order valence-corrected chi connectivity index (χ3v) is 2.79. The van der Waals surface area contributed by atoms with Crippen LogP contribution < -0.4 is 0 Å². The number of aromatic amines is 1. The number of hydrogen-bond acceptors (Lipinski definition) is 2. The minimum atomic E-state index is 0.949. The Morgan fingerprint density at radius 2 is 2.00 bits per heavy atom. The number of hydrogen-bond donors (Lipinski definition) is 1. The Bertz CT molecular complexity index is 467. The lowest BCUT2D eigenvalue weighted by atomic mass is 10.2. The SMILES string of the molecule is CCc1cc(CCc2cc(C)[nH]n2)nn1C. The first-order valence-corrected chi connectivity index (χ1v) is 5.71. The summed E-state index contributed by atoms with van der Waals surface area (Å²) in [4.78, 5) is 0. The molecule has 2 heterocycles. The van der Waals surface area contributed by atoms with E-state index in [1.807, 2.05) is 18.7 Å². The zero-order chi connectivity index (χ0) is 11.5. The minimum Gasteiger partial charge on any atom is -0.283 e. The molecule has 0 saturated heterocycles. The van der Waals surface area contributed by atoms with Crippen LogP contribution in [0.2, 0.25) is 0 Å². The molecule has 2 rings (SSSR count). The second-order valence-electron chi connectivity index (χ2n) is 4.15. The highest BCUT2D eigenvalue weighted by Crippen LogP contribution is 2.08. The van der Waals surface area contributed by atoms with Gasteiger partial charge >= 0.3 is 0 Å². The van der Waals surface area contributed by atoms with Crippen LogP contribution in [0.15, 0.2) is 12.1 Å². The lowest BCUT2D eigenvalue weighted by Gasteiger charge is -1.93. The van der Waals surface area contributed by atoms with E-state index in [1.165, 1.54) is 5.69 Å². The number of nitrogens with one attached hydrogen (secondary N) is 1. The first kappa shape index (κ1) is 10.9. The predicted molar refractivity (Wildman–Crippen MR) is 63.3 cm³/mol. The summed E-state index contributed by atoms with van der Waals surface area (Å²) in [5, 5.41) is 11.7. The van der Waals surface area contributed by atoms with Gasteiger partial charge in [0.15, 0.2) is 0 Å². The average Bonchev–Trinajstić information content (AvgIpc) is 2.82. The molecule has 0 fully saturated rings. The van der Waals surface area contributed by atoms with Crippen LogP contribution in [0.25, 0.3) is 0 Å². The Kier molecular flexibility index (Phi) is 3.08. The normalized spacial score (nSPS) is 10.9. The van der Waals surface area contributed by atoms with Gasteiger partial charge in [-0.25, -0.2) is 0 Å². The zero-order valence-electron chi connectivity index (χ0n) is 10.1. The largest absolute Gasteiger partial charge is 0.283 e. The molecule has 0 aliphatic rings. The smallest absolute Gasteiger partial charge is 0.0631 e. The van der Waals surface area contributed by atoms with Crippen molar-refractivity contribution in [3.8, 4) is 0 Å². The Morgan fingerprint density at radius 3 is 2.56 bits per heavy atom. The zero-order valence-corrected chi connectivity index (χ0v) is 10.1. The molecule has 0 amide bonds. The minimum absolute atomic E-state index is 0.949. The molecule has 0 aliphatic carbocycles. The fourth-order valence-corrected chi connectivity index (χ4v) is 1.88. The molecule has 1 N–H and O–H groups in total. The van der Waals surface area contributed by atoms with Crippen molar-refractivity contribution in [1.82, 2.24) is 20.0 Å². The van der Waals surface area contributed by atoms with E-state index >= 15 is 0 Å². The first-order chi connectivity index (χ1) is 7.69. The van der Waals surface area contributed by atoms with Crippen molar-refractivity contribution in [2.24, 2.45) is 7.05 Å². The van der Waals surface area contributed by atoms with Crippen LogP contribution in [0.4, 0.5) is 0 Å². The Hall–Kier alpha value is -1.58. The van der Waals surface area contributed by atoms with Crippen molar-refractivity contribution >= 4 is 0 Å². The molecule has 0 saturated carbocycles. The average molecular weight is 218 g/mol. The summed E-state index contributed by atoms with van der Waals surface area (Å²) < 4.78 is 1.96. The second kappa shape index (κ2) is 4.51. The molecule has 2 aromatic heterocycles. The van der Waals surface area contributed by atoms with E-state index < -0.39 is 0 Å². The van der Waals surface area contributed by atoms with Crippen molar-refractivity contribution in [2.45, 2.75) is 33.1 Å². The van der Waals surface area contributed by atoms with Gasteiger partial charge in [0, 0.05) is 18.4 Å². The van der Waals surface area contributed by atoms with Gasteiger partial charge in [-0.1, -0.05) is 6.92 Å². The van der Waals surface area contributed by atoms with Gasteiger partial charge in [0.2, 0.25) is 0 Å². The van der Waals surface area contributed by atoms with Crippen LogP contribution in [-0.2, 0) is 26.3 Å². The van der Waals surface area contributed by atoms with Gasteiger partial charge in [-0.2, -0.15) is 10.2 Å². The van der Waals surface area contributed by atoms with Crippen LogP contribution in [0, 0.1) is 6.92 Å². The number of rotatable bonds is 4. The van der Waals surface area contributed by atoms with Gasteiger partial charge < -0.3 is 0 Å². The number of aryl methyl sites for hydroxylation is 5. The van der Waals surface area contributed by atoms with Crippen molar-refractivity contribution in [3.05, 3.63) is 34.9 Å². The van der Waals surface area contributed by atoms with E-state index in [9.17, 15) is 0 Å². The third kappa shape index (κ3) is 2.32. The van der Waals surface area contributed by atoms with Crippen LogP contribution in [0.3, 0.4) is 0 Å². The van der Waals surface area contributed by atoms with Gasteiger partial charge in [0.05, 0.1) is 11.4 Å². The van der Waals surface area contributed by atoms with Gasteiger partial charge in [-0.3, -0.25) is 9.78 Å². The maximum absolute atomic E-state index is 4.48. The Labute approximate surface area is 95.7 Å². The maximum atomic E-state index is 4.48. The molecule has 0 atom stereocenters. The van der Waals surface area contributed by atoms with Crippen LogP contribution in [-0.4, -0.2) is 20.0 Å². The Morgan fingerprint density at radius 1 is 1.25 bits per heavy atom. The van der Waals surface area contributed by atoms with Crippen molar-refractivity contribution in [3.63, 3.8) is 0 Å². The summed E-state index contributed by atoms with van der Waals surface area (Å²) in [5.41, 5.74) is 4.67. The molecule has 0 radical (unpaired) electrons. The highest BCUT2D eigenvalue weighted by molar-refractivity contribution is 5.13. The molecule has 0 unspecified atom stereocenters. The lowest BCUT2D eigenvalue weighted by Crippen LogP contribution is -1.97. The van der Waals surface area contributed by atoms with Crippen LogP contribution >= 0.6 is 0 Å². The summed E-state index contributed by atoms with van der Waals surface area (Å²) >= 11 is 0. The summed E-state index contributed by atoms with van der Waals surface area (Å²) in [7, 11) is 2.00. The topological polar surface area (TPSA) is 46.5 Å². The van der Waals surface area contributed by atoms with Gasteiger partial charge in [-0.05, 0) is 38.3 Å². The third-order valence-electron chi connectivity index (χ3n) is 2.79. The van der Waals surface area contributed by atoms with E-state index in [-0.39, 0.29) is 0 Å². The Balaban J connectivity index is 1.99. The molecule has 4 heteroatoms. The van der Waals surface area contributed by atoms with Crippen LogP contribution in [0.5, 0.6) is 0 Å². The van der Waals surface area contributed by atoms with E-state index in [0.29, 0.717) is 0 Å². The molecule has 0 aromatic carbocycles. The highest BCUT2D eigenvalue weighted by atomic mass is 15.3. The summed E-state index contributed by atoms with van der Waals surface area (Å²) in [6, 6.07) is 4.27. The van der Waals surface area contributed by atoms with E-state index in [4.69, 9.17) is 0 Å². The fourth-order valence-electron chi connectivity index (χ4n) is 1.88. The van der Waals surface area contributed by atoms with Crippen molar-refractivity contribution < 1.29 is 0 Å². The van der Waals surface area contributed by atoms with Crippen molar-refractivity contribution in [2.75, 3.05) is 0 Å². The predicted octanol–water partition coefficient (Wildman–Crippen LogP) is 1.80. The molecule has 0 bridgehead atoms. The monoisotopic (exact) mass is 218 g/mol. The van der Waals surface area contributed by atoms with E-state index in [2.05, 4.69) is 34.4 Å². The van der Waals surface area contributed by atoms with E-state index in [0.717, 1.165) is 36.3 Å². The molecular weight excluding hydrogens is 200 g/mol. The van der Waals surface area contributed by atoms with Crippen molar-refractivity contribution in [1.29, 1.82) is 0 Å². The first-order valence-electron chi connectivity index (χ1n) is 5.71. The van der Waals surface area contributed by atoms with E-state index in [1.54, 1.807) is 0 Å². The highest BCUT2D eigenvalue weighted by Gasteiger charge is 2.05. The number of nitrogens with zero attached hydrogens (tertiary/aromatic N) is 3. The quantitative estimate of drug-likeness (QED) is 0.850. The number of aromatic nitrogens is 4. The molecule has 2 aromatic rings. The molecule has 86 valence electrons. The fraction of sp³-hybridized carbons (Fsp3) is 0.500. The summed E-state index contributed by atoms with van der Waals surface area (Å²) in [5.74, 6) is 0. The molecule has 16 heavy (non-hydrogen) atoms. The molecule has 0 spiro atoms. The van der Waals surface area contributed by atoms with Gasteiger partial charge in [0.25, 0.3) is 0 Å². The number of H-pyrrole nitrogens is 1. The summed E-state index contributed by atoms with van der Waals surface area (Å²) in [6.07, 6.45) is 2.94. The molecule has 4 nitrogen and oxygen atoms in total. The second-order valence-corrected chi connectivity index (χ2v) is 4.15. The standard InChI is InChI=1S/C12H18N4/c1-4-12-8-11(15-16(12)3)6-5-10-7-9(2)13-14-10/h7-8H,4-6H2,1-3H3,(H,13,14). The lowest BCUT2D eigenvalue weighted by molar-refractivity contribution is 0.698. The van der Waals surface area contributed by atoms with Crippen LogP contribution in [0.1, 0.15) is 29.7 Å². The maximum Gasteiger partial charge on any atom is 0.0631 e. The molecule has 0 aliphatic heterocycles. The summed E-state index contributed by atoms with van der Waals surface area (Å²) in [6.45, 7) is 4.17. The molecular formula is C12H18N4.